The molecule has 0 saturated heterocycles. The largest absolute Gasteiger partial charge is 0.382 e. The third-order valence-electron chi connectivity index (χ3n) is 4.27. The van der Waals surface area contributed by atoms with E-state index in [1.165, 1.54) is 11.1 Å². The monoisotopic (exact) mass is 294 g/mol. The number of rotatable bonds is 3. The summed E-state index contributed by atoms with van der Waals surface area (Å²) in [6.45, 7) is 4.49. The lowest BCUT2D eigenvalue weighted by Gasteiger charge is -2.38. The topological polar surface area (TPSA) is 32.3 Å². The van der Waals surface area contributed by atoms with Crippen LogP contribution in [0.3, 0.4) is 0 Å². The molecule has 3 heteroatoms. The van der Waals surface area contributed by atoms with E-state index in [0.717, 1.165) is 12.1 Å². The number of carbonyl (C=O) groups is 1. The molecule has 2 aromatic carbocycles. The van der Waals surface area contributed by atoms with E-state index in [4.69, 9.17) is 0 Å². The number of hydrogen-bond donors (Lipinski definition) is 1. The first-order valence-corrected chi connectivity index (χ1v) is 7.81. The summed E-state index contributed by atoms with van der Waals surface area (Å²) in [6.07, 6.45) is 0.934. The Morgan fingerprint density at radius 3 is 2.55 bits per heavy atom. The van der Waals surface area contributed by atoms with E-state index in [9.17, 15) is 4.79 Å². The van der Waals surface area contributed by atoms with E-state index in [1.807, 2.05) is 35.2 Å². The Labute approximate surface area is 132 Å². The third kappa shape index (κ3) is 2.98. The molecular formula is C19H22N2O. The number of nitrogens with one attached hydrogen (secondary N) is 1. The van der Waals surface area contributed by atoms with Crippen molar-refractivity contribution in [3.05, 3.63) is 65.7 Å². The lowest BCUT2D eigenvalue weighted by atomic mass is 9.92. The van der Waals surface area contributed by atoms with E-state index in [1.54, 1.807) is 6.92 Å². The van der Waals surface area contributed by atoms with Gasteiger partial charge >= 0.3 is 0 Å². The summed E-state index contributed by atoms with van der Waals surface area (Å²) in [7, 11) is 0. The van der Waals surface area contributed by atoms with Gasteiger partial charge in [-0.15, -0.1) is 0 Å². The van der Waals surface area contributed by atoms with Gasteiger partial charge in [-0.25, -0.2) is 0 Å². The van der Waals surface area contributed by atoms with Gasteiger partial charge in [0.05, 0.1) is 6.04 Å². The highest BCUT2D eigenvalue weighted by atomic mass is 16.2. The fourth-order valence-corrected chi connectivity index (χ4v) is 3.22. The van der Waals surface area contributed by atoms with Crippen molar-refractivity contribution in [3.8, 4) is 0 Å². The van der Waals surface area contributed by atoms with Crippen molar-refractivity contribution in [2.75, 3.05) is 5.32 Å². The molecule has 1 aliphatic rings. The zero-order valence-corrected chi connectivity index (χ0v) is 13.1. The number of para-hydroxylation sites is 1. The minimum atomic E-state index is 0.123. The maximum absolute atomic E-state index is 12.3. The van der Waals surface area contributed by atoms with Gasteiger partial charge in [0.15, 0.2) is 0 Å². The highest BCUT2D eigenvalue weighted by Crippen LogP contribution is 2.37. The molecule has 0 aromatic heterocycles. The van der Waals surface area contributed by atoms with E-state index in [0.29, 0.717) is 12.6 Å². The fourth-order valence-electron chi connectivity index (χ4n) is 3.22. The molecule has 3 nitrogen and oxygen atoms in total. The number of benzene rings is 2. The molecule has 2 atom stereocenters. The van der Waals surface area contributed by atoms with Crippen LogP contribution in [0.1, 0.15) is 37.4 Å². The van der Waals surface area contributed by atoms with Crippen LogP contribution in [0.5, 0.6) is 0 Å². The summed E-state index contributed by atoms with van der Waals surface area (Å²) in [5.41, 5.74) is 3.53. The van der Waals surface area contributed by atoms with Gasteiger partial charge in [-0.05, 0) is 30.5 Å². The minimum Gasteiger partial charge on any atom is -0.382 e. The van der Waals surface area contributed by atoms with Gasteiger partial charge < -0.3 is 10.2 Å². The van der Waals surface area contributed by atoms with Gasteiger partial charge in [0.25, 0.3) is 0 Å². The number of hydrogen-bond acceptors (Lipinski definition) is 2. The summed E-state index contributed by atoms with van der Waals surface area (Å²) < 4.78 is 0. The van der Waals surface area contributed by atoms with Crippen LogP contribution in [0, 0.1) is 0 Å². The third-order valence-corrected chi connectivity index (χ3v) is 4.27. The summed E-state index contributed by atoms with van der Waals surface area (Å²) in [4.78, 5) is 14.3. The van der Waals surface area contributed by atoms with E-state index in [-0.39, 0.29) is 11.9 Å². The maximum Gasteiger partial charge on any atom is 0.220 e. The summed E-state index contributed by atoms with van der Waals surface area (Å²) in [5, 5.41) is 3.51. The quantitative estimate of drug-likeness (QED) is 0.928. The highest BCUT2D eigenvalue weighted by Gasteiger charge is 2.30. The van der Waals surface area contributed by atoms with Crippen molar-refractivity contribution in [1.82, 2.24) is 4.90 Å². The molecule has 114 valence electrons. The molecule has 0 unspecified atom stereocenters. The molecule has 0 saturated carbocycles. The Balaban J connectivity index is 1.93. The second-order valence-electron chi connectivity index (χ2n) is 6.02. The predicted octanol–water partition coefficient (Wildman–Crippen LogP) is 3.98. The molecule has 0 spiro atoms. The molecule has 1 N–H and O–H groups in total. The average molecular weight is 294 g/mol. The molecule has 0 aliphatic carbocycles. The molecule has 0 bridgehead atoms. The predicted molar refractivity (Wildman–Crippen MR) is 89.6 cm³/mol. The van der Waals surface area contributed by atoms with Crippen LogP contribution in [-0.4, -0.2) is 16.8 Å². The standard InChI is InChI=1S/C19H22N2O/c1-14-12-19(17-10-6-7-11-18(17)20-14)21(15(2)22)13-16-8-4-3-5-9-16/h3-11,14,19-20H,12-13H2,1-2H3/t14-,19-/m0/s1. The van der Waals surface area contributed by atoms with E-state index >= 15 is 0 Å². The number of anilines is 1. The molecule has 1 aliphatic heterocycles. The fraction of sp³-hybridized carbons (Fsp3) is 0.316. The zero-order valence-electron chi connectivity index (χ0n) is 13.1. The first-order valence-electron chi connectivity index (χ1n) is 7.81. The number of nitrogens with zero attached hydrogens (tertiary/aromatic N) is 1. The Morgan fingerprint density at radius 2 is 1.82 bits per heavy atom. The van der Waals surface area contributed by atoms with E-state index in [2.05, 4.69) is 36.5 Å². The maximum atomic E-state index is 12.3. The molecule has 1 heterocycles. The Kier molecular flexibility index (Phi) is 4.14. The van der Waals surface area contributed by atoms with Crippen LogP contribution in [0.4, 0.5) is 5.69 Å². The first kappa shape index (κ1) is 14.6. The second kappa shape index (κ2) is 6.22. The Hall–Kier alpha value is -2.29. The van der Waals surface area contributed by atoms with Gasteiger partial charge in [-0.1, -0.05) is 48.5 Å². The molecule has 0 fully saturated rings. The van der Waals surface area contributed by atoms with Gasteiger partial charge in [0.2, 0.25) is 5.91 Å². The van der Waals surface area contributed by atoms with Gasteiger partial charge in [0.1, 0.15) is 0 Å². The number of fused-ring (bicyclic) bond motifs is 1. The molecule has 2 aromatic rings. The van der Waals surface area contributed by atoms with Crippen LogP contribution in [0.25, 0.3) is 0 Å². The lowest BCUT2D eigenvalue weighted by Crippen LogP contribution is -2.38. The van der Waals surface area contributed by atoms with Crippen molar-refractivity contribution in [3.63, 3.8) is 0 Å². The Bertz CT molecular complexity index is 653. The Morgan fingerprint density at radius 1 is 1.14 bits per heavy atom. The number of carbonyl (C=O) groups excluding carboxylic acids is 1. The van der Waals surface area contributed by atoms with E-state index < -0.39 is 0 Å². The smallest absolute Gasteiger partial charge is 0.220 e. The van der Waals surface area contributed by atoms with Gasteiger partial charge in [0, 0.05) is 25.2 Å². The second-order valence-corrected chi connectivity index (χ2v) is 6.02. The molecule has 22 heavy (non-hydrogen) atoms. The summed E-state index contributed by atoms with van der Waals surface area (Å²) >= 11 is 0. The molecule has 3 rings (SSSR count). The van der Waals surface area contributed by atoms with Crippen LogP contribution in [0.2, 0.25) is 0 Å². The lowest BCUT2D eigenvalue weighted by molar-refractivity contribution is -0.132. The molecule has 0 radical (unpaired) electrons. The van der Waals surface area contributed by atoms with Crippen LogP contribution < -0.4 is 5.32 Å². The van der Waals surface area contributed by atoms with Crippen molar-refractivity contribution in [2.45, 2.75) is 38.9 Å². The minimum absolute atomic E-state index is 0.123. The summed E-state index contributed by atoms with van der Waals surface area (Å²) in [6, 6.07) is 19.0. The van der Waals surface area contributed by atoms with Crippen molar-refractivity contribution in [2.24, 2.45) is 0 Å². The normalized spacial score (nSPS) is 19.9. The van der Waals surface area contributed by atoms with Crippen molar-refractivity contribution < 1.29 is 4.79 Å². The van der Waals surface area contributed by atoms with Crippen LogP contribution >= 0.6 is 0 Å². The van der Waals surface area contributed by atoms with Crippen molar-refractivity contribution >= 4 is 11.6 Å². The van der Waals surface area contributed by atoms with Crippen molar-refractivity contribution in [1.29, 1.82) is 0 Å². The summed E-state index contributed by atoms with van der Waals surface area (Å²) in [5.74, 6) is 0.123. The van der Waals surface area contributed by atoms with Gasteiger partial charge in [-0.3, -0.25) is 4.79 Å². The van der Waals surface area contributed by atoms with Crippen LogP contribution in [0.15, 0.2) is 54.6 Å². The highest BCUT2D eigenvalue weighted by molar-refractivity contribution is 5.74. The van der Waals surface area contributed by atoms with Gasteiger partial charge in [-0.2, -0.15) is 0 Å². The first-order chi connectivity index (χ1) is 10.6. The van der Waals surface area contributed by atoms with Crippen LogP contribution in [-0.2, 0) is 11.3 Å². The molecular weight excluding hydrogens is 272 g/mol. The molecule has 1 amide bonds. The average Bonchev–Trinajstić information content (AvgIpc) is 2.52. The SMILES string of the molecule is CC(=O)N(Cc1ccccc1)[C@H]1C[C@H](C)Nc2ccccc21. The zero-order chi connectivity index (χ0) is 15.5. The number of amides is 1.